The smallest absolute Gasteiger partial charge is 0.229 e. The first-order valence-electron chi connectivity index (χ1n) is 7.57. The zero-order valence-electron chi connectivity index (χ0n) is 12.4. The lowest BCUT2D eigenvalue weighted by Gasteiger charge is -2.32. The second-order valence-corrected chi connectivity index (χ2v) is 5.54. The highest BCUT2D eigenvalue weighted by Crippen LogP contribution is 2.31. The summed E-state index contributed by atoms with van der Waals surface area (Å²) in [6, 6.07) is 5.95. The van der Waals surface area contributed by atoms with E-state index in [9.17, 15) is 4.79 Å². The van der Waals surface area contributed by atoms with Crippen molar-refractivity contribution in [1.29, 1.82) is 0 Å². The minimum atomic E-state index is -0.00475. The van der Waals surface area contributed by atoms with E-state index in [0.29, 0.717) is 13.0 Å². The molecule has 2 heterocycles. The van der Waals surface area contributed by atoms with E-state index in [1.165, 1.54) is 5.56 Å². The molecule has 1 fully saturated rings. The first-order valence-corrected chi connectivity index (χ1v) is 7.57. The molecule has 1 aromatic carbocycles. The monoisotopic (exact) mass is 290 g/mol. The lowest BCUT2D eigenvalue weighted by Crippen LogP contribution is -2.43. The van der Waals surface area contributed by atoms with Crippen LogP contribution in [-0.4, -0.2) is 45.4 Å². The Hall–Kier alpha value is -1.59. The molecule has 1 saturated heterocycles. The summed E-state index contributed by atoms with van der Waals surface area (Å²) in [5.41, 5.74) is 2.22. The molecule has 1 unspecified atom stereocenters. The summed E-state index contributed by atoms with van der Waals surface area (Å²) >= 11 is 0. The average Bonchev–Trinajstić information content (AvgIpc) is 2.54. The van der Waals surface area contributed by atoms with Gasteiger partial charge in [-0.2, -0.15) is 0 Å². The number of nitrogens with one attached hydrogen (secondary N) is 1. The summed E-state index contributed by atoms with van der Waals surface area (Å²) in [7, 11) is 1.67. The van der Waals surface area contributed by atoms with E-state index in [4.69, 9.17) is 9.47 Å². The predicted octanol–water partition coefficient (Wildman–Crippen LogP) is 1.35. The number of carbonyl (C=O) groups is 1. The molecular formula is C16H22N2O3. The third kappa shape index (κ3) is 3.19. The summed E-state index contributed by atoms with van der Waals surface area (Å²) in [6.07, 6.45) is 2.43. The van der Waals surface area contributed by atoms with Gasteiger partial charge in [-0.05, 0) is 36.6 Å². The Labute approximate surface area is 125 Å². The van der Waals surface area contributed by atoms with Crippen molar-refractivity contribution in [3.8, 4) is 5.75 Å². The third-order valence-corrected chi connectivity index (χ3v) is 4.11. The Bertz CT molecular complexity index is 512. The molecule has 0 aromatic heterocycles. The number of carbonyl (C=O) groups excluding carboxylic acids is 1. The normalized spacial score (nSPS) is 21.8. The van der Waals surface area contributed by atoms with E-state index in [0.717, 1.165) is 43.9 Å². The van der Waals surface area contributed by atoms with Crippen molar-refractivity contribution in [2.75, 3.05) is 38.3 Å². The fourth-order valence-electron chi connectivity index (χ4n) is 3.02. The summed E-state index contributed by atoms with van der Waals surface area (Å²) in [4.78, 5) is 14.5. The van der Waals surface area contributed by atoms with E-state index in [1.807, 2.05) is 23.1 Å². The number of ether oxygens (including phenoxy) is 2. The largest absolute Gasteiger partial charge is 0.497 e. The first-order chi connectivity index (χ1) is 10.3. The van der Waals surface area contributed by atoms with Gasteiger partial charge in [-0.3, -0.25) is 4.79 Å². The minimum absolute atomic E-state index is 0.00475. The Morgan fingerprint density at radius 3 is 3.19 bits per heavy atom. The van der Waals surface area contributed by atoms with Crippen LogP contribution in [0.4, 0.5) is 5.69 Å². The molecule has 5 heteroatoms. The van der Waals surface area contributed by atoms with Crippen molar-refractivity contribution < 1.29 is 14.3 Å². The van der Waals surface area contributed by atoms with Gasteiger partial charge in [0, 0.05) is 25.3 Å². The van der Waals surface area contributed by atoms with Gasteiger partial charge in [0.2, 0.25) is 5.91 Å². The summed E-state index contributed by atoms with van der Waals surface area (Å²) < 4.78 is 10.9. The number of fused-ring (bicyclic) bond motifs is 1. The summed E-state index contributed by atoms with van der Waals surface area (Å²) in [5.74, 6) is 0.998. The van der Waals surface area contributed by atoms with E-state index < -0.39 is 0 Å². The number of aryl methyl sites for hydroxylation is 1. The molecule has 1 aromatic rings. The number of nitrogens with zero attached hydrogens (tertiary/aromatic N) is 1. The highest BCUT2D eigenvalue weighted by Gasteiger charge is 2.26. The van der Waals surface area contributed by atoms with Crippen molar-refractivity contribution in [3.63, 3.8) is 0 Å². The zero-order chi connectivity index (χ0) is 14.7. The number of benzene rings is 1. The third-order valence-electron chi connectivity index (χ3n) is 4.11. The van der Waals surface area contributed by atoms with Crippen molar-refractivity contribution in [2.45, 2.75) is 25.4 Å². The zero-order valence-corrected chi connectivity index (χ0v) is 12.4. The van der Waals surface area contributed by atoms with Crippen LogP contribution in [0, 0.1) is 0 Å². The fraction of sp³-hybridized carbons (Fsp3) is 0.562. The molecule has 2 aliphatic rings. The van der Waals surface area contributed by atoms with E-state index >= 15 is 0 Å². The van der Waals surface area contributed by atoms with Gasteiger partial charge in [-0.25, -0.2) is 0 Å². The van der Waals surface area contributed by atoms with E-state index in [1.54, 1.807) is 7.11 Å². The van der Waals surface area contributed by atoms with Gasteiger partial charge in [0.1, 0.15) is 5.75 Å². The molecule has 0 aliphatic carbocycles. The van der Waals surface area contributed by atoms with Crippen LogP contribution >= 0.6 is 0 Å². The standard InChI is InChI=1S/C16H22N2O3/c1-20-13-4-5-15-12(9-13)3-2-7-18(15)16(19)10-14-11-17-6-8-21-14/h4-5,9,14,17H,2-3,6-8,10-11H2,1H3. The lowest BCUT2D eigenvalue weighted by atomic mass is 10.0. The molecule has 114 valence electrons. The maximum absolute atomic E-state index is 12.6. The molecule has 1 atom stereocenters. The maximum atomic E-state index is 12.6. The molecule has 0 spiro atoms. The Morgan fingerprint density at radius 1 is 1.52 bits per heavy atom. The molecule has 2 aliphatic heterocycles. The topological polar surface area (TPSA) is 50.8 Å². The molecule has 1 amide bonds. The predicted molar refractivity (Wildman–Crippen MR) is 80.9 cm³/mol. The number of hydrogen-bond acceptors (Lipinski definition) is 4. The van der Waals surface area contributed by atoms with Gasteiger partial charge in [-0.15, -0.1) is 0 Å². The molecular weight excluding hydrogens is 268 g/mol. The Kier molecular flexibility index (Phi) is 4.41. The second kappa shape index (κ2) is 6.45. The van der Waals surface area contributed by atoms with Crippen LogP contribution < -0.4 is 15.0 Å². The average molecular weight is 290 g/mol. The fourth-order valence-corrected chi connectivity index (χ4v) is 3.02. The SMILES string of the molecule is COc1ccc2c(c1)CCCN2C(=O)CC1CNCCO1. The highest BCUT2D eigenvalue weighted by atomic mass is 16.5. The van der Waals surface area contributed by atoms with Crippen LogP contribution in [0.1, 0.15) is 18.4 Å². The molecule has 5 nitrogen and oxygen atoms in total. The van der Waals surface area contributed by atoms with Crippen LogP contribution in [0.5, 0.6) is 5.75 Å². The van der Waals surface area contributed by atoms with Crippen LogP contribution in [0.15, 0.2) is 18.2 Å². The molecule has 0 bridgehead atoms. The second-order valence-electron chi connectivity index (χ2n) is 5.54. The van der Waals surface area contributed by atoms with Gasteiger partial charge >= 0.3 is 0 Å². The molecule has 0 saturated carbocycles. The number of amides is 1. The van der Waals surface area contributed by atoms with E-state index in [-0.39, 0.29) is 12.0 Å². The van der Waals surface area contributed by atoms with Crippen LogP contribution in [-0.2, 0) is 16.0 Å². The summed E-state index contributed by atoms with van der Waals surface area (Å²) in [6.45, 7) is 3.11. The molecule has 0 radical (unpaired) electrons. The minimum Gasteiger partial charge on any atom is -0.497 e. The van der Waals surface area contributed by atoms with Gasteiger partial charge < -0.3 is 19.7 Å². The van der Waals surface area contributed by atoms with Crippen molar-refractivity contribution in [2.24, 2.45) is 0 Å². The number of rotatable bonds is 3. The Balaban J connectivity index is 1.73. The lowest BCUT2D eigenvalue weighted by molar-refractivity contribution is -0.122. The molecule has 3 rings (SSSR count). The van der Waals surface area contributed by atoms with Gasteiger partial charge in [-0.1, -0.05) is 0 Å². The number of anilines is 1. The van der Waals surface area contributed by atoms with Crippen molar-refractivity contribution in [1.82, 2.24) is 5.32 Å². The quantitative estimate of drug-likeness (QED) is 0.913. The van der Waals surface area contributed by atoms with Crippen LogP contribution in [0.25, 0.3) is 0 Å². The van der Waals surface area contributed by atoms with Gasteiger partial charge in [0.15, 0.2) is 0 Å². The number of hydrogen-bond donors (Lipinski definition) is 1. The van der Waals surface area contributed by atoms with Crippen molar-refractivity contribution in [3.05, 3.63) is 23.8 Å². The van der Waals surface area contributed by atoms with E-state index in [2.05, 4.69) is 5.32 Å². The molecule has 1 N–H and O–H groups in total. The summed E-state index contributed by atoms with van der Waals surface area (Å²) in [5, 5.41) is 3.27. The van der Waals surface area contributed by atoms with Crippen LogP contribution in [0.2, 0.25) is 0 Å². The highest BCUT2D eigenvalue weighted by molar-refractivity contribution is 5.95. The van der Waals surface area contributed by atoms with Crippen molar-refractivity contribution >= 4 is 11.6 Å². The van der Waals surface area contributed by atoms with Gasteiger partial charge in [0.25, 0.3) is 0 Å². The van der Waals surface area contributed by atoms with Crippen LogP contribution in [0.3, 0.4) is 0 Å². The first kappa shape index (κ1) is 14.4. The maximum Gasteiger partial charge on any atom is 0.229 e. The molecule has 21 heavy (non-hydrogen) atoms. The number of methoxy groups -OCH3 is 1. The van der Waals surface area contributed by atoms with Gasteiger partial charge in [0.05, 0.1) is 26.2 Å². The Morgan fingerprint density at radius 2 is 2.43 bits per heavy atom. The number of morpholine rings is 1.